The Labute approximate surface area is 126 Å². The Kier molecular flexibility index (Phi) is 4.78. The van der Waals surface area contributed by atoms with Gasteiger partial charge in [-0.1, -0.05) is 29.3 Å². The van der Waals surface area contributed by atoms with Gasteiger partial charge in [0.25, 0.3) is 0 Å². The number of piperidine rings is 1. The summed E-state index contributed by atoms with van der Waals surface area (Å²) in [5.41, 5.74) is 1.44. The Morgan fingerprint density at radius 1 is 1.26 bits per heavy atom. The molecule has 1 aromatic carbocycles. The molecule has 0 radical (unpaired) electrons. The monoisotopic (exact) mass is 300 g/mol. The first-order valence-electron chi connectivity index (χ1n) is 6.83. The van der Waals surface area contributed by atoms with Gasteiger partial charge < -0.3 is 5.32 Å². The molecule has 1 unspecified atom stereocenters. The van der Waals surface area contributed by atoms with Gasteiger partial charge >= 0.3 is 0 Å². The minimum Gasteiger partial charge on any atom is -0.314 e. The molecular weight excluding hydrogens is 279 g/mol. The maximum Gasteiger partial charge on any atom is 0.0468 e. The van der Waals surface area contributed by atoms with E-state index in [9.17, 15) is 0 Å². The van der Waals surface area contributed by atoms with E-state index in [-0.39, 0.29) is 5.54 Å². The predicted molar refractivity (Wildman–Crippen MR) is 83.1 cm³/mol. The topological polar surface area (TPSA) is 15.3 Å². The van der Waals surface area contributed by atoms with Crippen LogP contribution in [0.3, 0.4) is 0 Å². The van der Waals surface area contributed by atoms with Crippen molar-refractivity contribution in [3.63, 3.8) is 0 Å². The van der Waals surface area contributed by atoms with E-state index in [1.54, 1.807) is 0 Å². The molecule has 1 aromatic rings. The van der Waals surface area contributed by atoms with Gasteiger partial charge in [0.1, 0.15) is 0 Å². The van der Waals surface area contributed by atoms with Crippen LogP contribution in [-0.4, -0.2) is 30.6 Å². The quantitative estimate of drug-likeness (QED) is 0.903. The van der Waals surface area contributed by atoms with Crippen LogP contribution in [0.25, 0.3) is 0 Å². The predicted octanol–water partition coefficient (Wildman–Crippen LogP) is 4.13. The highest BCUT2D eigenvalue weighted by molar-refractivity contribution is 6.35. The molecule has 19 heavy (non-hydrogen) atoms. The van der Waals surface area contributed by atoms with Gasteiger partial charge in [-0.15, -0.1) is 0 Å². The molecule has 1 heterocycles. The minimum atomic E-state index is 0.278. The maximum atomic E-state index is 6.30. The lowest BCUT2D eigenvalue weighted by atomic mass is 9.88. The number of nitrogens with one attached hydrogen (secondary N) is 1. The SMILES string of the molecule is CNC1(C)CCN(C(C)c2ccc(Cl)cc2Cl)CC1. The zero-order valence-corrected chi connectivity index (χ0v) is 13.4. The van der Waals surface area contributed by atoms with Crippen molar-refractivity contribution in [2.45, 2.75) is 38.3 Å². The lowest BCUT2D eigenvalue weighted by molar-refractivity contribution is 0.117. The largest absolute Gasteiger partial charge is 0.314 e. The van der Waals surface area contributed by atoms with Crippen LogP contribution in [0.15, 0.2) is 18.2 Å². The number of rotatable bonds is 3. The Bertz CT molecular complexity index is 440. The standard InChI is InChI=1S/C15H22Cl2N2/c1-11(13-5-4-12(16)10-14(13)17)19-8-6-15(2,18-3)7-9-19/h4-5,10-11,18H,6-9H2,1-3H3. The molecule has 1 atom stereocenters. The average molecular weight is 301 g/mol. The second-order valence-electron chi connectivity index (χ2n) is 5.69. The van der Waals surface area contributed by atoms with E-state index in [1.807, 2.05) is 18.2 Å². The van der Waals surface area contributed by atoms with Crippen molar-refractivity contribution >= 4 is 23.2 Å². The number of likely N-dealkylation sites (tertiary alicyclic amines) is 1. The lowest BCUT2D eigenvalue weighted by Crippen LogP contribution is -2.50. The number of nitrogens with zero attached hydrogens (tertiary/aromatic N) is 1. The van der Waals surface area contributed by atoms with E-state index in [4.69, 9.17) is 23.2 Å². The normalized spacial score (nSPS) is 21.3. The van der Waals surface area contributed by atoms with Crippen molar-refractivity contribution < 1.29 is 0 Å². The van der Waals surface area contributed by atoms with E-state index in [0.717, 1.165) is 18.1 Å². The zero-order chi connectivity index (χ0) is 14.0. The van der Waals surface area contributed by atoms with Gasteiger partial charge in [-0.2, -0.15) is 0 Å². The summed E-state index contributed by atoms with van der Waals surface area (Å²) in [6, 6.07) is 6.13. The van der Waals surface area contributed by atoms with E-state index >= 15 is 0 Å². The van der Waals surface area contributed by atoms with Crippen molar-refractivity contribution in [2.24, 2.45) is 0 Å². The second kappa shape index (κ2) is 6.01. The molecule has 0 aromatic heterocycles. The summed E-state index contributed by atoms with van der Waals surface area (Å²) in [5, 5.41) is 4.89. The summed E-state index contributed by atoms with van der Waals surface area (Å²) < 4.78 is 0. The van der Waals surface area contributed by atoms with Crippen molar-refractivity contribution in [3.05, 3.63) is 33.8 Å². The van der Waals surface area contributed by atoms with Crippen LogP contribution < -0.4 is 5.32 Å². The van der Waals surface area contributed by atoms with Crippen molar-refractivity contribution in [3.8, 4) is 0 Å². The number of halogens is 2. The molecule has 1 aliphatic rings. The van der Waals surface area contributed by atoms with Gasteiger partial charge in [0.2, 0.25) is 0 Å². The van der Waals surface area contributed by atoms with Crippen molar-refractivity contribution in [2.75, 3.05) is 20.1 Å². The third kappa shape index (κ3) is 3.43. The fourth-order valence-corrected chi connectivity index (χ4v) is 3.26. The number of hydrogen-bond acceptors (Lipinski definition) is 2. The molecule has 2 nitrogen and oxygen atoms in total. The summed E-state index contributed by atoms with van der Waals surface area (Å²) in [4.78, 5) is 2.49. The smallest absolute Gasteiger partial charge is 0.0468 e. The minimum absolute atomic E-state index is 0.278. The van der Waals surface area contributed by atoms with Crippen LogP contribution in [0.4, 0.5) is 0 Å². The first kappa shape index (κ1) is 15.1. The number of hydrogen-bond donors (Lipinski definition) is 1. The van der Waals surface area contributed by atoms with Crippen LogP contribution in [-0.2, 0) is 0 Å². The highest BCUT2D eigenvalue weighted by Crippen LogP contribution is 2.33. The molecule has 1 N–H and O–H groups in total. The zero-order valence-electron chi connectivity index (χ0n) is 11.8. The first-order chi connectivity index (χ1) is 8.95. The van der Waals surface area contributed by atoms with E-state index < -0.39 is 0 Å². The Morgan fingerprint density at radius 3 is 2.42 bits per heavy atom. The molecule has 0 amide bonds. The number of benzene rings is 1. The first-order valence-corrected chi connectivity index (χ1v) is 7.59. The maximum absolute atomic E-state index is 6.30. The lowest BCUT2D eigenvalue weighted by Gasteiger charge is -2.42. The Balaban J connectivity index is 2.07. The van der Waals surface area contributed by atoms with Crippen LogP contribution in [0.2, 0.25) is 10.0 Å². The summed E-state index contributed by atoms with van der Waals surface area (Å²) in [5.74, 6) is 0. The molecule has 2 rings (SSSR count). The van der Waals surface area contributed by atoms with Gasteiger partial charge in [-0.25, -0.2) is 0 Å². The van der Waals surface area contributed by atoms with Crippen LogP contribution in [0, 0.1) is 0 Å². The molecule has 1 aliphatic heterocycles. The fraction of sp³-hybridized carbons (Fsp3) is 0.600. The molecule has 1 saturated heterocycles. The third-order valence-electron chi connectivity index (χ3n) is 4.47. The molecule has 1 fully saturated rings. The van der Waals surface area contributed by atoms with E-state index in [2.05, 4.69) is 31.1 Å². The van der Waals surface area contributed by atoms with Crippen molar-refractivity contribution in [1.29, 1.82) is 0 Å². The summed E-state index contributed by atoms with van der Waals surface area (Å²) in [7, 11) is 2.05. The summed E-state index contributed by atoms with van der Waals surface area (Å²) in [6.07, 6.45) is 2.33. The highest BCUT2D eigenvalue weighted by atomic mass is 35.5. The summed E-state index contributed by atoms with van der Waals surface area (Å²) >= 11 is 12.3. The van der Waals surface area contributed by atoms with Gasteiger partial charge in [0.05, 0.1) is 0 Å². The molecule has 0 saturated carbocycles. The molecule has 4 heteroatoms. The van der Waals surface area contributed by atoms with Crippen LogP contribution >= 0.6 is 23.2 Å². The van der Waals surface area contributed by atoms with Gasteiger partial charge in [0, 0.05) is 34.7 Å². The van der Waals surface area contributed by atoms with Crippen LogP contribution in [0.5, 0.6) is 0 Å². The molecule has 0 aliphatic carbocycles. The summed E-state index contributed by atoms with van der Waals surface area (Å²) in [6.45, 7) is 6.70. The molecule has 0 bridgehead atoms. The highest BCUT2D eigenvalue weighted by Gasteiger charge is 2.30. The second-order valence-corrected chi connectivity index (χ2v) is 6.53. The van der Waals surface area contributed by atoms with Crippen LogP contribution in [0.1, 0.15) is 38.3 Å². The van der Waals surface area contributed by atoms with Gasteiger partial charge in [-0.05, 0) is 51.4 Å². The van der Waals surface area contributed by atoms with Gasteiger partial charge in [0.15, 0.2) is 0 Å². The Morgan fingerprint density at radius 2 is 1.89 bits per heavy atom. The van der Waals surface area contributed by atoms with E-state index in [0.29, 0.717) is 11.1 Å². The third-order valence-corrected chi connectivity index (χ3v) is 5.03. The average Bonchev–Trinajstić information content (AvgIpc) is 2.39. The van der Waals surface area contributed by atoms with E-state index in [1.165, 1.54) is 18.4 Å². The van der Waals surface area contributed by atoms with Crippen molar-refractivity contribution in [1.82, 2.24) is 10.2 Å². The fourth-order valence-electron chi connectivity index (χ4n) is 2.69. The Hall–Kier alpha value is -0.280. The molecule has 106 valence electrons. The van der Waals surface area contributed by atoms with Gasteiger partial charge in [-0.3, -0.25) is 4.90 Å². The molecule has 0 spiro atoms. The molecular formula is C15H22Cl2N2.